The Balaban J connectivity index is 1.73. The van der Waals surface area contributed by atoms with Crippen LogP contribution >= 0.6 is 31.9 Å². The van der Waals surface area contributed by atoms with Crippen molar-refractivity contribution in [3.8, 4) is 0 Å². The average molecular weight is 446 g/mol. The molecule has 4 aliphatic rings. The van der Waals surface area contributed by atoms with Gasteiger partial charge in [0.2, 0.25) is 0 Å². The summed E-state index contributed by atoms with van der Waals surface area (Å²) in [5.41, 5.74) is 1.12. The molecular weight excluding hydrogens is 412 g/mol. The smallest absolute Gasteiger partial charge is 0.0333 e. The van der Waals surface area contributed by atoms with E-state index in [9.17, 15) is 0 Å². The van der Waals surface area contributed by atoms with Crippen LogP contribution in [0.2, 0.25) is 0 Å². The van der Waals surface area contributed by atoms with Crippen molar-refractivity contribution in [2.45, 2.75) is 88.2 Å². The molecule has 0 amide bonds. The van der Waals surface area contributed by atoms with E-state index in [2.05, 4.69) is 52.6 Å². The molecule has 0 radical (unpaired) electrons. The summed E-state index contributed by atoms with van der Waals surface area (Å²) in [7, 11) is 0. The van der Waals surface area contributed by atoms with Crippen molar-refractivity contribution in [2.24, 2.45) is 40.4 Å². The summed E-state index contributed by atoms with van der Waals surface area (Å²) in [6, 6.07) is 0. The van der Waals surface area contributed by atoms with Crippen LogP contribution in [-0.2, 0) is 0 Å². The van der Waals surface area contributed by atoms with Crippen LogP contribution in [0.25, 0.3) is 0 Å². The van der Waals surface area contributed by atoms with Gasteiger partial charge in [-0.25, -0.2) is 0 Å². The fraction of sp³-hybridized carbons (Fsp3) is 1.00. The van der Waals surface area contributed by atoms with Gasteiger partial charge in [-0.05, 0) is 78.9 Å². The van der Waals surface area contributed by atoms with Crippen LogP contribution in [0, 0.1) is 40.4 Å². The topological polar surface area (TPSA) is 0 Å². The molecule has 0 aliphatic heterocycles. The van der Waals surface area contributed by atoms with Gasteiger partial charge in [-0.2, -0.15) is 0 Å². The van der Waals surface area contributed by atoms with Crippen molar-refractivity contribution in [2.75, 3.05) is 0 Å². The number of fused-ring (bicyclic) bond motifs is 5. The Morgan fingerprint density at radius 2 is 1.74 bits per heavy atom. The highest BCUT2D eigenvalue weighted by Gasteiger charge is 2.65. The van der Waals surface area contributed by atoms with Crippen LogP contribution in [-0.4, -0.2) is 9.65 Å². The zero-order valence-electron chi connectivity index (χ0n) is 15.2. The first-order valence-corrected chi connectivity index (χ1v) is 12.1. The summed E-state index contributed by atoms with van der Waals surface area (Å²) >= 11 is 8.53. The van der Waals surface area contributed by atoms with Gasteiger partial charge in [0, 0.05) is 9.65 Å². The molecule has 0 unspecified atom stereocenters. The van der Waals surface area contributed by atoms with Gasteiger partial charge in [-0.3, -0.25) is 0 Å². The molecule has 4 saturated carbocycles. The Hall–Kier alpha value is 0.960. The maximum atomic E-state index is 4.27. The van der Waals surface area contributed by atoms with E-state index in [1.807, 2.05) is 0 Å². The molecule has 2 heteroatoms. The minimum Gasteiger partial charge on any atom is -0.0875 e. The molecule has 4 fully saturated rings. The monoisotopic (exact) mass is 444 g/mol. The average Bonchev–Trinajstić information content (AvgIpc) is 2.89. The second kappa shape index (κ2) is 6.00. The largest absolute Gasteiger partial charge is 0.0875 e. The highest BCUT2D eigenvalue weighted by Crippen LogP contribution is 2.70. The molecular formula is C21H34Br2. The van der Waals surface area contributed by atoms with E-state index < -0.39 is 0 Å². The van der Waals surface area contributed by atoms with Crippen LogP contribution in [0.15, 0.2) is 0 Å². The maximum absolute atomic E-state index is 4.27. The van der Waals surface area contributed by atoms with Gasteiger partial charge in [0.25, 0.3) is 0 Å². The third-order valence-electron chi connectivity index (χ3n) is 9.25. The Labute approximate surface area is 160 Å². The van der Waals surface area contributed by atoms with Crippen LogP contribution in [0.1, 0.15) is 78.6 Å². The Bertz CT molecular complexity index is 463. The van der Waals surface area contributed by atoms with E-state index in [4.69, 9.17) is 0 Å². The van der Waals surface area contributed by atoms with Gasteiger partial charge in [0.1, 0.15) is 0 Å². The Morgan fingerprint density at radius 3 is 2.48 bits per heavy atom. The minimum atomic E-state index is 0.516. The van der Waals surface area contributed by atoms with Crippen molar-refractivity contribution in [1.82, 2.24) is 0 Å². The second-order valence-corrected chi connectivity index (χ2v) is 11.8. The van der Waals surface area contributed by atoms with E-state index in [0.29, 0.717) is 20.5 Å². The SMILES string of the molecule is CC[C@@H]1CC[C@@H]2[C@@H]3CC[C@@H]4CCCC[C@]4(C)[C@@H]3[C@@H](Br)[C@H](Br)[C@@]12C. The van der Waals surface area contributed by atoms with E-state index in [-0.39, 0.29) is 0 Å². The second-order valence-electron chi connectivity index (χ2n) is 9.72. The van der Waals surface area contributed by atoms with Gasteiger partial charge < -0.3 is 0 Å². The zero-order valence-corrected chi connectivity index (χ0v) is 18.3. The molecule has 0 aromatic rings. The summed E-state index contributed by atoms with van der Waals surface area (Å²) < 4.78 is 0. The van der Waals surface area contributed by atoms with Crippen LogP contribution in [0.3, 0.4) is 0 Å². The van der Waals surface area contributed by atoms with Crippen molar-refractivity contribution in [3.05, 3.63) is 0 Å². The van der Waals surface area contributed by atoms with Gasteiger partial charge >= 0.3 is 0 Å². The predicted octanol–water partition coefficient (Wildman–Crippen LogP) is 7.19. The molecule has 0 N–H and O–H groups in total. The molecule has 0 saturated heterocycles. The molecule has 132 valence electrons. The van der Waals surface area contributed by atoms with Crippen LogP contribution in [0.5, 0.6) is 0 Å². The summed E-state index contributed by atoms with van der Waals surface area (Å²) in [6.45, 7) is 7.74. The van der Waals surface area contributed by atoms with Gasteiger partial charge in [0.05, 0.1) is 0 Å². The van der Waals surface area contributed by atoms with E-state index in [0.717, 1.165) is 29.6 Å². The Morgan fingerprint density at radius 1 is 0.957 bits per heavy atom. The molecule has 0 nitrogen and oxygen atoms in total. The van der Waals surface area contributed by atoms with Gasteiger partial charge in [0.15, 0.2) is 0 Å². The first-order valence-electron chi connectivity index (χ1n) is 10.2. The fourth-order valence-electron chi connectivity index (χ4n) is 8.04. The number of rotatable bonds is 1. The summed E-state index contributed by atoms with van der Waals surface area (Å²) in [5, 5.41) is 0. The maximum Gasteiger partial charge on any atom is 0.0333 e. The first-order chi connectivity index (χ1) is 10.9. The van der Waals surface area contributed by atoms with Gasteiger partial charge in [-0.1, -0.05) is 71.9 Å². The highest BCUT2D eigenvalue weighted by atomic mass is 79.9. The fourth-order valence-corrected chi connectivity index (χ4v) is 10.6. The van der Waals surface area contributed by atoms with E-state index >= 15 is 0 Å². The van der Waals surface area contributed by atoms with Crippen molar-refractivity contribution < 1.29 is 0 Å². The summed E-state index contributed by atoms with van der Waals surface area (Å²) in [4.78, 5) is 1.33. The number of alkyl halides is 2. The lowest BCUT2D eigenvalue weighted by molar-refractivity contribution is -0.101. The van der Waals surface area contributed by atoms with Crippen LogP contribution in [0.4, 0.5) is 0 Å². The van der Waals surface area contributed by atoms with Gasteiger partial charge in [-0.15, -0.1) is 0 Å². The lowest BCUT2D eigenvalue weighted by Gasteiger charge is -2.63. The van der Waals surface area contributed by atoms with Crippen molar-refractivity contribution in [1.29, 1.82) is 0 Å². The molecule has 4 aliphatic carbocycles. The lowest BCUT2D eigenvalue weighted by atomic mass is 9.44. The molecule has 0 aromatic heterocycles. The molecule has 4 rings (SSSR count). The quantitative estimate of drug-likeness (QED) is 0.374. The third-order valence-corrected chi connectivity index (χ3v) is 12.6. The number of hydrogen-bond acceptors (Lipinski definition) is 0. The summed E-state index contributed by atoms with van der Waals surface area (Å²) in [5.74, 6) is 4.78. The molecule has 0 heterocycles. The normalized spacial score (nSPS) is 59.1. The predicted molar refractivity (Wildman–Crippen MR) is 106 cm³/mol. The third kappa shape index (κ3) is 2.25. The van der Waals surface area contributed by atoms with E-state index in [1.165, 1.54) is 57.8 Å². The molecule has 0 aromatic carbocycles. The lowest BCUT2D eigenvalue weighted by Crippen LogP contribution is -2.61. The van der Waals surface area contributed by atoms with Crippen molar-refractivity contribution in [3.63, 3.8) is 0 Å². The molecule has 9 atom stereocenters. The summed E-state index contributed by atoms with van der Waals surface area (Å²) in [6.07, 6.45) is 13.3. The number of hydrogen-bond donors (Lipinski definition) is 0. The van der Waals surface area contributed by atoms with Crippen molar-refractivity contribution >= 4 is 31.9 Å². The van der Waals surface area contributed by atoms with E-state index in [1.54, 1.807) is 0 Å². The minimum absolute atomic E-state index is 0.516. The molecule has 0 bridgehead atoms. The Kier molecular flexibility index (Phi) is 4.53. The highest BCUT2D eigenvalue weighted by molar-refractivity contribution is 9.12. The molecule has 0 spiro atoms. The zero-order chi connectivity index (χ0) is 16.4. The molecule has 23 heavy (non-hydrogen) atoms. The number of halogens is 2. The standard InChI is InChI=1S/C21H34Br2/c1-4-13-9-11-16-15-10-8-14-7-5-6-12-20(14,2)17(15)18(22)19(23)21(13,16)3/h13-19H,4-12H2,1-3H3/t13-,14+,15+,16-,17+,18-,19+,20+,21+/m1/s1. The first kappa shape index (κ1) is 17.4. The van der Waals surface area contributed by atoms with Crippen LogP contribution < -0.4 is 0 Å².